The molecule has 0 bridgehead atoms. The molecule has 5 nitrogen and oxygen atoms in total. The van der Waals surface area contributed by atoms with Crippen LogP contribution in [0.15, 0.2) is 18.3 Å². The zero-order chi connectivity index (χ0) is 15.0. The number of amides is 1. The second-order valence-corrected chi connectivity index (χ2v) is 4.71. The normalized spacial score (nSPS) is 12.0. The van der Waals surface area contributed by atoms with Gasteiger partial charge in [0.05, 0.1) is 6.61 Å². The van der Waals surface area contributed by atoms with Gasteiger partial charge in [0.15, 0.2) is 0 Å². The van der Waals surface area contributed by atoms with Gasteiger partial charge in [0.2, 0.25) is 0 Å². The summed E-state index contributed by atoms with van der Waals surface area (Å²) in [5.74, 6) is 0.757. The van der Waals surface area contributed by atoms with E-state index in [1.54, 1.807) is 25.4 Å². The van der Waals surface area contributed by atoms with Crippen LogP contribution in [0, 0.1) is 0 Å². The molecule has 1 unspecified atom stereocenters. The number of ether oxygens (including phenoxy) is 1. The van der Waals surface area contributed by atoms with E-state index in [0.717, 1.165) is 18.8 Å². The standard InChI is InChI=1S/C15H25N3O2/c1-5-12(3)18(9-10-20-4)15(19)13-7-8-17-14(11-13)16-6-2/h7-8,11-12H,5-6,9-10H2,1-4H3,(H,16,17). The largest absolute Gasteiger partial charge is 0.383 e. The molecular formula is C15H25N3O2. The van der Waals surface area contributed by atoms with Crippen molar-refractivity contribution in [2.45, 2.75) is 33.2 Å². The summed E-state index contributed by atoms with van der Waals surface area (Å²) in [6.45, 7) is 8.06. The Morgan fingerprint density at radius 2 is 2.25 bits per heavy atom. The molecule has 0 aliphatic carbocycles. The van der Waals surface area contributed by atoms with Gasteiger partial charge in [0, 0.05) is 38.0 Å². The van der Waals surface area contributed by atoms with Gasteiger partial charge in [0.25, 0.3) is 5.91 Å². The van der Waals surface area contributed by atoms with Crippen LogP contribution in [0.2, 0.25) is 0 Å². The quantitative estimate of drug-likeness (QED) is 0.794. The molecule has 0 fully saturated rings. The first kappa shape index (κ1) is 16.4. The number of pyridine rings is 1. The first-order valence-corrected chi connectivity index (χ1v) is 7.13. The molecule has 0 aliphatic rings. The lowest BCUT2D eigenvalue weighted by atomic mass is 10.1. The summed E-state index contributed by atoms with van der Waals surface area (Å²) in [7, 11) is 1.65. The lowest BCUT2D eigenvalue weighted by Gasteiger charge is -2.28. The van der Waals surface area contributed by atoms with Gasteiger partial charge in [0.1, 0.15) is 5.82 Å². The topological polar surface area (TPSA) is 54.5 Å². The maximum Gasteiger partial charge on any atom is 0.254 e. The van der Waals surface area contributed by atoms with E-state index >= 15 is 0 Å². The van der Waals surface area contributed by atoms with Crippen molar-refractivity contribution in [3.05, 3.63) is 23.9 Å². The van der Waals surface area contributed by atoms with E-state index in [-0.39, 0.29) is 11.9 Å². The number of carbonyl (C=O) groups excluding carboxylic acids is 1. The molecule has 0 saturated carbocycles. The van der Waals surface area contributed by atoms with E-state index < -0.39 is 0 Å². The predicted molar refractivity (Wildman–Crippen MR) is 81.1 cm³/mol. The Balaban J connectivity index is 2.89. The van der Waals surface area contributed by atoms with Crippen LogP contribution in [0.3, 0.4) is 0 Å². The highest BCUT2D eigenvalue weighted by molar-refractivity contribution is 5.95. The fourth-order valence-corrected chi connectivity index (χ4v) is 1.94. The average molecular weight is 279 g/mol. The average Bonchev–Trinajstić information content (AvgIpc) is 2.47. The molecule has 1 heterocycles. The summed E-state index contributed by atoms with van der Waals surface area (Å²) < 4.78 is 5.10. The summed E-state index contributed by atoms with van der Waals surface area (Å²) in [5.41, 5.74) is 0.660. The number of hydrogen-bond donors (Lipinski definition) is 1. The molecule has 20 heavy (non-hydrogen) atoms. The fourth-order valence-electron chi connectivity index (χ4n) is 1.94. The molecule has 0 spiro atoms. The highest BCUT2D eigenvalue weighted by Gasteiger charge is 2.20. The summed E-state index contributed by atoms with van der Waals surface area (Å²) in [6.07, 6.45) is 2.58. The lowest BCUT2D eigenvalue weighted by molar-refractivity contribution is 0.0614. The molecule has 112 valence electrons. The predicted octanol–water partition coefficient (Wildman–Crippen LogP) is 2.40. The maximum atomic E-state index is 12.6. The third-order valence-electron chi connectivity index (χ3n) is 3.28. The number of hydrogen-bond acceptors (Lipinski definition) is 4. The minimum absolute atomic E-state index is 0.0259. The van der Waals surface area contributed by atoms with Crippen molar-refractivity contribution in [3.8, 4) is 0 Å². The maximum absolute atomic E-state index is 12.6. The van der Waals surface area contributed by atoms with E-state index in [0.29, 0.717) is 18.7 Å². The van der Waals surface area contributed by atoms with Gasteiger partial charge < -0.3 is 15.0 Å². The molecule has 1 aromatic rings. The Kier molecular flexibility index (Phi) is 7.01. The van der Waals surface area contributed by atoms with E-state index in [2.05, 4.69) is 24.1 Å². The smallest absolute Gasteiger partial charge is 0.254 e. The second kappa shape index (κ2) is 8.53. The summed E-state index contributed by atoms with van der Waals surface area (Å²) in [4.78, 5) is 18.7. The molecule has 0 saturated heterocycles. The van der Waals surface area contributed by atoms with Gasteiger partial charge in [-0.3, -0.25) is 4.79 Å². The molecule has 1 rings (SSSR count). The van der Waals surface area contributed by atoms with Gasteiger partial charge in [-0.15, -0.1) is 0 Å². The van der Waals surface area contributed by atoms with Crippen LogP contribution in [-0.4, -0.2) is 48.6 Å². The SMILES string of the molecule is CCNc1cc(C(=O)N(CCOC)C(C)CC)ccn1. The van der Waals surface area contributed by atoms with Crippen molar-refractivity contribution < 1.29 is 9.53 Å². The Morgan fingerprint density at radius 1 is 1.50 bits per heavy atom. The number of methoxy groups -OCH3 is 1. The van der Waals surface area contributed by atoms with Crippen LogP contribution in [-0.2, 0) is 4.74 Å². The molecule has 1 N–H and O–H groups in total. The summed E-state index contributed by atoms with van der Waals surface area (Å²) in [6, 6.07) is 3.74. The van der Waals surface area contributed by atoms with Crippen molar-refractivity contribution in [2.24, 2.45) is 0 Å². The molecule has 0 radical (unpaired) electrons. The first-order valence-electron chi connectivity index (χ1n) is 7.13. The van der Waals surface area contributed by atoms with Gasteiger partial charge >= 0.3 is 0 Å². The van der Waals surface area contributed by atoms with Crippen molar-refractivity contribution in [1.82, 2.24) is 9.88 Å². The Morgan fingerprint density at radius 3 is 2.85 bits per heavy atom. The van der Waals surface area contributed by atoms with Crippen LogP contribution in [0.25, 0.3) is 0 Å². The fraction of sp³-hybridized carbons (Fsp3) is 0.600. The van der Waals surface area contributed by atoms with Crippen molar-refractivity contribution in [3.63, 3.8) is 0 Å². The Bertz CT molecular complexity index is 423. The van der Waals surface area contributed by atoms with Gasteiger partial charge in [-0.05, 0) is 32.4 Å². The van der Waals surface area contributed by atoms with Crippen molar-refractivity contribution in [2.75, 3.05) is 32.1 Å². The number of anilines is 1. The lowest BCUT2D eigenvalue weighted by Crippen LogP contribution is -2.40. The third kappa shape index (κ3) is 4.49. The highest BCUT2D eigenvalue weighted by Crippen LogP contribution is 2.13. The first-order chi connectivity index (χ1) is 9.63. The summed E-state index contributed by atoms with van der Waals surface area (Å²) >= 11 is 0. The Hall–Kier alpha value is -1.62. The van der Waals surface area contributed by atoms with E-state index in [1.165, 1.54) is 0 Å². The van der Waals surface area contributed by atoms with Crippen LogP contribution in [0.1, 0.15) is 37.6 Å². The summed E-state index contributed by atoms with van der Waals surface area (Å²) in [5, 5.41) is 3.12. The van der Waals surface area contributed by atoms with Crippen LogP contribution < -0.4 is 5.32 Å². The number of nitrogens with one attached hydrogen (secondary N) is 1. The molecular weight excluding hydrogens is 254 g/mol. The Labute approximate surface area is 121 Å². The van der Waals surface area contributed by atoms with E-state index in [1.807, 2.05) is 11.8 Å². The molecule has 0 aliphatic heterocycles. The van der Waals surface area contributed by atoms with Crippen molar-refractivity contribution in [1.29, 1.82) is 0 Å². The van der Waals surface area contributed by atoms with Crippen molar-refractivity contribution >= 4 is 11.7 Å². The number of aromatic nitrogens is 1. The highest BCUT2D eigenvalue weighted by atomic mass is 16.5. The van der Waals surface area contributed by atoms with Crippen LogP contribution >= 0.6 is 0 Å². The van der Waals surface area contributed by atoms with Gasteiger partial charge in [-0.25, -0.2) is 4.98 Å². The van der Waals surface area contributed by atoms with Crippen LogP contribution in [0.4, 0.5) is 5.82 Å². The zero-order valence-electron chi connectivity index (χ0n) is 12.8. The minimum Gasteiger partial charge on any atom is -0.383 e. The molecule has 0 aromatic carbocycles. The molecule has 1 amide bonds. The minimum atomic E-state index is 0.0259. The van der Waals surface area contributed by atoms with E-state index in [4.69, 9.17) is 4.74 Å². The number of carbonyl (C=O) groups is 1. The number of rotatable bonds is 8. The van der Waals surface area contributed by atoms with Gasteiger partial charge in [-0.2, -0.15) is 0 Å². The van der Waals surface area contributed by atoms with E-state index in [9.17, 15) is 4.79 Å². The molecule has 5 heteroatoms. The van der Waals surface area contributed by atoms with Crippen LogP contribution in [0.5, 0.6) is 0 Å². The number of nitrogens with zero attached hydrogens (tertiary/aromatic N) is 2. The van der Waals surface area contributed by atoms with Gasteiger partial charge in [-0.1, -0.05) is 6.92 Å². The third-order valence-corrected chi connectivity index (χ3v) is 3.28. The monoisotopic (exact) mass is 279 g/mol. The zero-order valence-corrected chi connectivity index (χ0v) is 12.8. The second-order valence-electron chi connectivity index (χ2n) is 4.71. The molecule has 1 aromatic heterocycles. The molecule has 1 atom stereocenters.